The van der Waals surface area contributed by atoms with Gasteiger partial charge in [-0.05, 0) is 23.8 Å². The molecular formula is C14H9ClF3N3. The average Bonchev–Trinajstić information content (AvgIpc) is 2.82. The van der Waals surface area contributed by atoms with Crippen LogP contribution in [0.4, 0.5) is 13.2 Å². The molecule has 3 nitrogen and oxygen atoms in total. The van der Waals surface area contributed by atoms with E-state index in [9.17, 15) is 13.2 Å². The van der Waals surface area contributed by atoms with E-state index in [1.54, 1.807) is 23.0 Å². The smallest absolute Gasteiger partial charge is 0.267 e. The van der Waals surface area contributed by atoms with E-state index >= 15 is 0 Å². The monoisotopic (exact) mass is 311 g/mol. The summed E-state index contributed by atoms with van der Waals surface area (Å²) in [7, 11) is 0. The number of pyridine rings is 1. The van der Waals surface area contributed by atoms with Gasteiger partial charge in [-0.15, -0.1) is 0 Å². The Balaban J connectivity index is 1.93. The molecule has 0 fully saturated rings. The molecule has 3 rings (SSSR count). The highest BCUT2D eigenvalue weighted by Crippen LogP contribution is 2.29. The summed E-state index contributed by atoms with van der Waals surface area (Å²) in [5.41, 5.74) is 0.500. The molecular weight excluding hydrogens is 303 g/mol. The molecule has 108 valence electrons. The van der Waals surface area contributed by atoms with Crippen LogP contribution in [0.3, 0.4) is 0 Å². The molecule has 0 saturated carbocycles. The lowest BCUT2D eigenvalue weighted by atomic mass is 10.1. The zero-order valence-electron chi connectivity index (χ0n) is 10.6. The zero-order chi connectivity index (χ0) is 15.0. The number of nitrogens with zero attached hydrogens (tertiary/aromatic N) is 3. The summed E-state index contributed by atoms with van der Waals surface area (Å²) in [5.74, 6) is 0. The van der Waals surface area contributed by atoms with Crippen LogP contribution in [-0.4, -0.2) is 14.8 Å². The summed E-state index contributed by atoms with van der Waals surface area (Å²) in [6, 6.07) is 6.87. The number of benzene rings is 1. The Bertz CT molecular complexity index is 796. The largest absolute Gasteiger partial charge is 0.416 e. The summed E-state index contributed by atoms with van der Waals surface area (Å²) in [5, 5.41) is 5.27. The molecule has 0 atom stereocenters. The number of rotatable bonds is 2. The molecule has 21 heavy (non-hydrogen) atoms. The zero-order valence-corrected chi connectivity index (χ0v) is 11.4. The van der Waals surface area contributed by atoms with Gasteiger partial charge in [-0.3, -0.25) is 4.68 Å². The minimum absolute atomic E-state index is 0.231. The molecule has 0 aliphatic heterocycles. The number of halogens is 4. The number of fused-ring (bicyclic) bond motifs is 1. The number of alkyl halides is 3. The first kappa shape index (κ1) is 13.9. The van der Waals surface area contributed by atoms with E-state index in [0.29, 0.717) is 21.6 Å². The van der Waals surface area contributed by atoms with Crippen molar-refractivity contribution in [3.8, 4) is 0 Å². The lowest BCUT2D eigenvalue weighted by molar-refractivity contribution is -0.137. The van der Waals surface area contributed by atoms with E-state index in [4.69, 9.17) is 11.6 Å². The predicted molar refractivity (Wildman–Crippen MR) is 73.1 cm³/mol. The van der Waals surface area contributed by atoms with Gasteiger partial charge in [-0.25, -0.2) is 4.98 Å². The van der Waals surface area contributed by atoms with Crippen LogP contribution < -0.4 is 0 Å². The van der Waals surface area contributed by atoms with Crippen molar-refractivity contribution >= 4 is 22.5 Å². The van der Waals surface area contributed by atoms with E-state index in [-0.39, 0.29) is 6.54 Å². The first-order valence-corrected chi connectivity index (χ1v) is 6.45. The van der Waals surface area contributed by atoms with E-state index in [0.717, 1.165) is 12.1 Å². The first-order valence-electron chi connectivity index (χ1n) is 6.07. The van der Waals surface area contributed by atoms with Gasteiger partial charge < -0.3 is 0 Å². The van der Waals surface area contributed by atoms with Gasteiger partial charge >= 0.3 is 6.18 Å². The number of hydrogen-bond donors (Lipinski definition) is 0. The van der Waals surface area contributed by atoms with E-state index in [2.05, 4.69) is 10.1 Å². The molecule has 7 heteroatoms. The quantitative estimate of drug-likeness (QED) is 0.666. The van der Waals surface area contributed by atoms with Gasteiger partial charge in [0.25, 0.3) is 0 Å². The van der Waals surface area contributed by atoms with E-state index in [1.165, 1.54) is 12.3 Å². The van der Waals surface area contributed by atoms with Crippen molar-refractivity contribution in [2.45, 2.75) is 12.7 Å². The van der Waals surface area contributed by atoms with Crippen molar-refractivity contribution in [1.29, 1.82) is 0 Å². The number of hydrogen-bond acceptors (Lipinski definition) is 2. The van der Waals surface area contributed by atoms with Crippen molar-refractivity contribution in [2.75, 3.05) is 0 Å². The Morgan fingerprint density at radius 1 is 1.19 bits per heavy atom. The van der Waals surface area contributed by atoms with Crippen LogP contribution >= 0.6 is 11.6 Å². The third-order valence-electron chi connectivity index (χ3n) is 3.03. The first-order chi connectivity index (χ1) is 9.93. The maximum Gasteiger partial charge on any atom is 0.416 e. The Hall–Kier alpha value is -2.08. The SMILES string of the molecule is FC(F)(F)c1cccc(Cn2cc3c(Cl)nccc3n2)c1. The summed E-state index contributed by atoms with van der Waals surface area (Å²) < 4.78 is 39.6. The maximum absolute atomic E-state index is 12.7. The highest BCUT2D eigenvalue weighted by molar-refractivity contribution is 6.34. The van der Waals surface area contributed by atoms with Crippen molar-refractivity contribution in [3.05, 3.63) is 59.0 Å². The fourth-order valence-corrected chi connectivity index (χ4v) is 2.28. The van der Waals surface area contributed by atoms with Gasteiger partial charge in [-0.2, -0.15) is 18.3 Å². The minimum atomic E-state index is -4.35. The second-order valence-corrected chi connectivity index (χ2v) is 4.92. The van der Waals surface area contributed by atoms with Gasteiger partial charge in [0, 0.05) is 12.4 Å². The van der Waals surface area contributed by atoms with E-state index < -0.39 is 11.7 Å². The van der Waals surface area contributed by atoms with Crippen molar-refractivity contribution in [1.82, 2.24) is 14.8 Å². The Morgan fingerprint density at radius 3 is 2.71 bits per heavy atom. The molecule has 2 aromatic heterocycles. The summed E-state index contributed by atoms with van der Waals surface area (Å²) in [6.07, 6.45) is -1.14. The van der Waals surface area contributed by atoms with Crippen LogP contribution in [0.25, 0.3) is 10.9 Å². The third-order valence-corrected chi connectivity index (χ3v) is 3.33. The van der Waals surface area contributed by atoms with Crippen LogP contribution in [0, 0.1) is 0 Å². The highest BCUT2D eigenvalue weighted by atomic mass is 35.5. The predicted octanol–water partition coefficient (Wildman–Crippen LogP) is 4.15. The molecule has 0 saturated heterocycles. The van der Waals surface area contributed by atoms with Gasteiger partial charge in [0.1, 0.15) is 5.15 Å². The van der Waals surface area contributed by atoms with Crippen LogP contribution in [0.2, 0.25) is 5.15 Å². The average molecular weight is 312 g/mol. The standard InChI is InChI=1S/C14H9ClF3N3/c15-13-11-8-21(20-12(11)4-5-19-13)7-9-2-1-3-10(6-9)14(16,17)18/h1-6,8H,7H2. The minimum Gasteiger partial charge on any atom is -0.267 e. The second-order valence-electron chi connectivity index (χ2n) is 4.56. The van der Waals surface area contributed by atoms with Crippen LogP contribution in [0.5, 0.6) is 0 Å². The van der Waals surface area contributed by atoms with Crippen molar-refractivity contribution in [2.24, 2.45) is 0 Å². The summed E-state index contributed by atoms with van der Waals surface area (Å²) in [4.78, 5) is 3.94. The molecule has 0 bridgehead atoms. The molecule has 0 aliphatic carbocycles. The second kappa shape index (κ2) is 5.04. The van der Waals surface area contributed by atoms with Gasteiger partial charge in [0.05, 0.1) is 23.0 Å². The summed E-state index contributed by atoms with van der Waals surface area (Å²) >= 11 is 5.95. The molecule has 0 spiro atoms. The lowest BCUT2D eigenvalue weighted by Crippen LogP contribution is -2.07. The molecule has 0 radical (unpaired) electrons. The molecule has 2 heterocycles. The van der Waals surface area contributed by atoms with Crippen LogP contribution in [0.15, 0.2) is 42.7 Å². The van der Waals surface area contributed by atoms with Gasteiger partial charge in [0.2, 0.25) is 0 Å². The third kappa shape index (κ3) is 2.85. The molecule has 0 unspecified atom stereocenters. The molecule has 0 aliphatic rings. The summed E-state index contributed by atoms with van der Waals surface area (Å²) in [6.45, 7) is 0.231. The molecule has 1 aromatic carbocycles. The van der Waals surface area contributed by atoms with Gasteiger partial charge in [-0.1, -0.05) is 23.7 Å². The lowest BCUT2D eigenvalue weighted by Gasteiger charge is -2.08. The van der Waals surface area contributed by atoms with Crippen LogP contribution in [-0.2, 0) is 12.7 Å². The molecule has 3 aromatic rings. The Kier molecular flexibility index (Phi) is 3.33. The fourth-order valence-electron chi connectivity index (χ4n) is 2.08. The van der Waals surface area contributed by atoms with Gasteiger partial charge in [0.15, 0.2) is 0 Å². The van der Waals surface area contributed by atoms with E-state index in [1.807, 2.05) is 0 Å². The topological polar surface area (TPSA) is 30.7 Å². The Morgan fingerprint density at radius 2 is 2.00 bits per heavy atom. The molecule has 0 amide bonds. The van der Waals surface area contributed by atoms with Crippen LogP contribution in [0.1, 0.15) is 11.1 Å². The van der Waals surface area contributed by atoms with Crippen molar-refractivity contribution < 1.29 is 13.2 Å². The maximum atomic E-state index is 12.7. The Labute approximate surface area is 123 Å². The highest BCUT2D eigenvalue weighted by Gasteiger charge is 2.30. The number of aromatic nitrogens is 3. The molecule has 0 N–H and O–H groups in total. The normalized spacial score (nSPS) is 12.0. The van der Waals surface area contributed by atoms with Crippen molar-refractivity contribution in [3.63, 3.8) is 0 Å². The fraction of sp³-hybridized carbons (Fsp3) is 0.143.